The summed E-state index contributed by atoms with van der Waals surface area (Å²) in [6, 6.07) is 0.752. The largest absolute Gasteiger partial charge is 0.482 e. The molecule has 0 spiro atoms. The third kappa shape index (κ3) is 3.57. The van der Waals surface area contributed by atoms with Gasteiger partial charge in [-0.05, 0) is 13.0 Å². The maximum atomic E-state index is 14.5. The van der Waals surface area contributed by atoms with Crippen molar-refractivity contribution < 1.29 is 27.4 Å². The number of carbonyl (C=O) groups is 1. The van der Waals surface area contributed by atoms with Crippen LogP contribution in [-0.2, 0) is 6.54 Å². The summed E-state index contributed by atoms with van der Waals surface area (Å²) in [5.74, 6) is -4.05. The number of alkyl halides is 2. The van der Waals surface area contributed by atoms with Gasteiger partial charge in [-0.15, -0.1) is 0 Å². The van der Waals surface area contributed by atoms with Crippen LogP contribution in [0.4, 0.5) is 19.0 Å². The molecule has 1 N–H and O–H groups in total. The molecule has 0 unspecified atom stereocenters. The SMILES string of the molecule is C[C@@H]1COc2ncc(F)cc2CN2CC(F)(F)COc3cn4ncc(c4nc32)C(=O)N1. The van der Waals surface area contributed by atoms with Gasteiger partial charge in [0.1, 0.15) is 18.0 Å². The van der Waals surface area contributed by atoms with E-state index in [-0.39, 0.29) is 47.4 Å². The van der Waals surface area contributed by atoms with Crippen LogP contribution in [0.1, 0.15) is 22.8 Å². The Morgan fingerprint density at radius 1 is 1.29 bits per heavy atom. The molecule has 31 heavy (non-hydrogen) atoms. The minimum atomic E-state index is -3.20. The second-order valence-corrected chi connectivity index (χ2v) is 7.56. The highest BCUT2D eigenvalue weighted by molar-refractivity contribution is 6.00. The Hall–Kier alpha value is -3.57. The molecule has 2 aliphatic rings. The third-order valence-electron chi connectivity index (χ3n) is 4.95. The van der Waals surface area contributed by atoms with Crippen molar-refractivity contribution >= 4 is 17.4 Å². The van der Waals surface area contributed by atoms with E-state index in [4.69, 9.17) is 9.47 Å². The summed E-state index contributed by atoms with van der Waals surface area (Å²) >= 11 is 0. The monoisotopic (exact) mass is 434 g/mol. The second kappa shape index (κ2) is 7.00. The molecule has 9 nitrogen and oxygen atoms in total. The molecular weight excluding hydrogens is 417 g/mol. The van der Waals surface area contributed by atoms with Crippen molar-refractivity contribution in [1.29, 1.82) is 0 Å². The number of fused-ring (bicyclic) bond motifs is 1. The van der Waals surface area contributed by atoms with E-state index >= 15 is 0 Å². The van der Waals surface area contributed by atoms with Gasteiger partial charge in [0.25, 0.3) is 11.8 Å². The number of hydrogen-bond acceptors (Lipinski definition) is 7. The van der Waals surface area contributed by atoms with Gasteiger partial charge in [0.05, 0.1) is 37.7 Å². The van der Waals surface area contributed by atoms with Crippen LogP contribution in [0.25, 0.3) is 5.65 Å². The number of rotatable bonds is 0. The average Bonchev–Trinajstić information content (AvgIpc) is 3.07. The standard InChI is InChI=1S/C19H17F3N6O3/c1-10-7-30-18-11(2-12(20)3-23-18)5-27-8-19(21,22)9-31-14-6-28-15(26-16(14)27)13(4-24-28)17(29)25-10/h2-4,6,10H,5,7-9H2,1H3,(H,25,29)/t10-/m1/s1. The van der Waals surface area contributed by atoms with Crippen molar-refractivity contribution in [1.82, 2.24) is 24.9 Å². The molecule has 2 bridgehead atoms. The van der Waals surface area contributed by atoms with Gasteiger partial charge < -0.3 is 19.7 Å². The summed E-state index contributed by atoms with van der Waals surface area (Å²) in [5.41, 5.74) is 0.614. The number of nitrogens with one attached hydrogen (secondary N) is 1. The van der Waals surface area contributed by atoms with Gasteiger partial charge in [0, 0.05) is 5.56 Å². The lowest BCUT2D eigenvalue weighted by Crippen LogP contribution is -2.38. The summed E-state index contributed by atoms with van der Waals surface area (Å²) < 4.78 is 55.1. The zero-order valence-corrected chi connectivity index (χ0v) is 16.3. The van der Waals surface area contributed by atoms with Crippen molar-refractivity contribution in [2.24, 2.45) is 0 Å². The van der Waals surface area contributed by atoms with E-state index in [0.29, 0.717) is 0 Å². The first-order chi connectivity index (χ1) is 14.8. The van der Waals surface area contributed by atoms with Gasteiger partial charge in [-0.2, -0.15) is 5.10 Å². The highest BCUT2D eigenvalue weighted by Gasteiger charge is 2.38. The predicted octanol–water partition coefficient (Wildman–Crippen LogP) is 1.81. The molecule has 3 aromatic rings. The maximum absolute atomic E-state index is 14.5. The van der Waals surface area contributed by atoms with Crippen LogP contribution < -0.4 is 19.7 Å². The van der Waals surface area contributed by atoms with E-state index in [2.05, 4.69) is 20.4 Å². The quantitative estimate of drug-likeness (QED) is 0.577. The van der Waals surface area contributed by atoms with E-state index in [0.717, 1.165) is 6.20 Å². The lowest BCUT2D eigenvalue weighted by molar-refractivity contribution is -0.0293. The molecular formula is C19H17F3N6O3. The average molecular weight is 434 g/mol. The second-order valence-electron chi connectivity index (χ2n) is 7.56. The Labute approximate surface area is 173 Å². The number of nitrogens with zero attached hydrogens (tertiary/aromatic N) is 5. The molecule has 3 aromatic heterocycles. The van der Waals surface area contributed by atoms with Crippen LogP contribution in [-0.4, -0.2) is 57.2 Å². The van der Waals surface area contributed by atoms with Crippen molar-refractivity contribution in [3.63, 3.8) is 0 Å². The number of carbonyl (C=O) groups excluding carboxylic acids is 1. The summed E-state index contributed by atoms with van der Waals surface area (Å²) in [4.78, 5) is 22.4. The number of anilines is 1. The number of pyridine rings is 1. The minimum absolute atomic E-state index is 0.0390. The van der Waals surface area contributed by atoms with Crippen LogP contribution in [0.2, 0.25) is 0 Å². The molecule has 12 heteroatoms. The molecule has 0 aromatic carbocycles. The molecule has 0 saturated carbocycles. The number of ether oxygens (including phenoxy) is 2. The maximum Gasteiger partial charge on any atom is 0.298 e. The van der Waals surface area contributed by atoms with E-state index in [1.54, 1.807) is 6.92 Å². The summed E-state index contributed by atoms with van der Waals surface area (Å²) in [7, 11) is 0. The fourth-order valence-corrected chi connectivity index (χ4v) is 3.55. The molecule has 0 radical (unpaired) electrons. The third-order valence-corrected chi connectivity index (χ3v) is 4.95. The molecule has 5 heterocycles. The number of halogens is 3. The molecule has 1 atom stereocenters. The van der Waals surface area contributed by atoms with Crippen molar-refractivity contribution in [3.8, 4) is 11.6 Å². The van der Waals surface area contributed by atoms with Crippen LogP contribution in [0.15, 0.2) is 24.7 Å². The van der Waals surface area contributed by atoms with Gasteiger partial charge in [-0.25, -0.2) is 27.7 Å². The molecule has 2 aliphatic heterocycles. The molecule has 0 fully saturated rings. The Bertz CT molecular complexity index is 1180. The number of amides is 1. The summed E-state index contributed by atoms with van der Waals surface area (Å²) in [6.07, 6.45) is 3.72. The van der Waals surface area contributed by atoms with E-state index in [1.807, 2.05) is 0 Å². The fraction of sp³-hybridized carbons (Fsp3) is 0.368. The van der Waals surface area contributed by atoms with Crippen molar-refractivity contribution in [2.45, 2.75) is 25.4 Å². The van der Waals surface area contributed by atoms with Crippen molar-refractivity contribution in [3.05, 3.63) is 41.6 Å². The molecule has 0 aliphatic carbocycles. The first-order valence-corrected chi connectivity index (χ1v) is 9.51. The zero-order valence-electron chi connectivity index (χ0n) is 16.3. The highest BCUT2D eigenvalue weighted by atomic mass is 19.3. The molecule has 0 saturated heterocycles. The minimum Gasteiger partial charge on any atom is -0.482 e. The van der Waals surface area contributed by atoms with E-state index in [9.17, 15) is 18.0 Å². The van der Waals surface area contributed by atoms with Gasteiger partial charge in [0.15, 0.2) is 23.8 Å². The van der Waals surface area contributed by atoms with Crippen molar-refractivity contribution in [2.75, 3.05) is 24.7 Å². The fourth-order valence-electron chi connectivity index (χ4n) is 3.55. The predicted molar refractivity (Wildman–Crippen MR) is 101 cm³/mol. The van der Waals surface area contributed by atoms with Gasteiger partial charge in [-0.1, -0.05) is 0 Å². The first kappa shape index (κ1) is 19.4. The van der Waals surface area contributed by atoms with Crippen LogP contribution in [0.3, 0.4) is 0 Å². The topological polar surface area (TPSA) is 93.9 Å². The summed E-state index contributed by atoms with van der Waals surface area (Å²) in [5, 5.41) is 6.87. The smallest absolute Gasteiger partial charge is 0.298 e. The Morgan fingerprint density at radius 3 is 2.97 bits per heavy atom. The highest BCUT2D eigenvalue weighted by Crippen LogP contribution is 2.36. The van der Waals surface area contributed by atoms with E-state index < -0.39 is 36.8 Å². The lowest BCUT2D eigenvalue weighted by atomic mass is 10.2. The molecule has 1 amide bonds. The molecule has 5 rings (SSSR count). The summed E-state index contributed by atoms with van der Waals surface area (Å²) in [6.45, 7) is 0.0139. The normalized spacial score (nSPS) is 20.5. The van der Waals surface area contributed by atoms with Crippen LogP contribution >= 0.6 is 0 Å². The Kier molecular flexibility index (Phi) is 4.38. The lowest BCUT2D eigenvalue weighted by Gasteiger charge is -2.25. The first-order valence-electron chi connectivity index (χ1n) is 9.51. The van der Waals surface area contributed by atoms with Gasteiger partial charge in [0.2, 0.25) is 5.88 Å². The molecule has 162 valence electrons. The van der Waals surface area contributed by atoms with Crippen LogP contribution in [0.5, 0.6) is 11.6 Å². The number of aromatic nitrogens is 4. The van der Waals surface area contributed by atoms with Gasteiger partial charge in [-0.3, -0.25) is 4.79 Å². The number of hydrogen-bond donors (Lipinski definition) is 1. The van der Waals surface area contributed by atoms with E-state index in [1.165, 1.54) is 27.9 Å². The Balaban J connectivity index is 1.71. The van der Waals surface area contributed by atoms with Crippen LogP contribution in [0, 0.1) is 5.82 Å². The Morgan fingerprint density at radius 2 is 2.13 bits per heavy atom. The zero-order chi connectivity index (χ0) is 21.8. The van der Waals surface area contributed by atoms with Gasteiger partial charge >= 0.3 is 0 Å².